The number of thioether (sulfide) groups is 1. The van der Waals surface area contributed by atoms with Crippen molar-refractivity contribution in [1.82, 2.24) is 0 Å². The van der Waals surface area contributed by atoms with Gasteiger partial charge in [-0.1, -0.05) is 0 Å². The first kappa shape index (κ1) is 12.9. The summed E-state index contributed by atoms with van der Waals surface area (Å²) in [4.78, 5) is 14.7. The van der Waals surface area contributed by atoms with Crippen LogP contribution in [-0.4, -0.2) is 22.5 Å². The predicted molar refractivity (Wildman–Crippen MR) is 62.3 cm³/mol. The maximum Gasteiger partial charge on any atom is 0.416 e. The quantitative estimate of drug-likeness (QED) is 0.856. The molecule has 1 aliphatic heterocycles. The molecule has 1 heterocycles. The van der Waals surface area contributed by atoms with Crippen LogP contribution in [0.2, 0.25) is 0 Å². The number of alkyl halides is 3. The largest absolute Gasteiger partial charge is 0.480 e. The molecule has 1 aromatic carbocycles. The van der Waals surface area contributed by atoms with Gasteiger partial charge < -0.3 is 5.11 Å². The van der Waals surface area contributed by atoms with Gasteiger partial charge in [-0.3, -0.25) is 9.79 Å². The average Bonchev–Trinajstić information content (AvgIpc) is 2.48. The molecule has 7 heteroatoms. The van der Waals surface area contributed by atoms with Crippen LogP contribution in [0.4, 0.5) is 18.9 Å². The topological polar surface area (TPSA) is 49.7 Å². The van der Waals surface area contributed by atoms with Gasteiger partial charge in [0.15, 0.2) is 0 Å². The van der Waals surface area contributed by atoms with Crippen LogP contribution in [0.3, 0.4) is 0 Å². The van der Waals surface area contributed by atoms with E-state index in [4.69, 9.17) is 5.11 Å². The van der Waals surface area contributed by atoms with Gasteiger partial charge in [0.1, 0.15) is 5.25 Å². The molecular formula is C11H8F3NO2S. The highest BCUT2D eigenvalue weighted by Gasteiger charge is 2.31. The third-order valence-corrected chi connectivity index (χ3v) is 3.58. The van der Waals surface area contributed by atoms with Crippen molar-refractivity contribution in [3.05, 3.63) is 29.3 Å². The van der Waals surface area contributed by atoms with Crippen molar-refractivity contribution in [3.8, 4) is 0 Å². The van der Waals surface area contributed by atoms with Crippen molar-refractivity contribution in [2.75, 3.05) is 0 Å². The normalized spacial score (nSPS) is 19.2. The molecule has 18 heavy (non-hydrogen) atoms. The molecule has 1 aliphatic rings. The molecule has 0 radical (unpaired) electrons. The minimum Gasteiger partial charge on any atom is -0.480 e. The number of hydrogen-bond donors (Lipinski definition) is 1. The molecule has 1 N–H and O–H groups in total. The predicted octanol–water partition coefficient (Wildman–Crippen LogP) is 3.11. The summed E-state index contributed by atoms with van der Waals surface area (Å²) in [6, 6.07) is 3.23. The monoisotopic (exact) mass is 275 g/mol. The Balaban J connectivity index is 2.33. The maximum atomic E-state index is 12.5. The summed E-state index contributed by atoms with van der Waals surface area (Å²) in [5.41, 5.74) is 0.0416. The van der Waals surface area contributed by atoms with Gasteiger partial charge >= 0.3 is 12.1 Å². The number of carboxylic acids is 1. The molecule has 0 saturated carbocycles. The summed E-state index contributed by atoms with van der Waals surface area (Å²) in [5.74, 6) is -0.858. The van der Waals surface area contributed by atoms with Crippen molar-refractivity contribution >= 4 is 29.6 Å². The third kappa shape index (κ3) is 2.66. The fraction of sp³-hybridized carbons (Fsp3) is 0.273. The van der Waals surface area contributed by atoms with E-state index in [9.17, 15) is 18.0 Å². The van der Waals surface area contributed by atoms with Gasteiger partial charge in [-0.25, -0.2) is 0 Å². The van der Waals surface area contributed by atoms with E-state index >= 15 is 0 Å². The average molecular weight is 275 g/mol. The summed E-state index contributed by atoms with van der Waals surface area (Å²) >= 11 is 1.04. The second kappa shape index (κ2) is 4.64. The Labute approximate surface area is 105 Å². The molecule has 0 fully saturated rings. The number of aliphatic carboxylic acids is 1. The molecule has 0 amide bonds. The van der Waals surface area contributed by atoms with Crippen LogP contribution in [0.15, 0.2) is 23.2 Å². The lowest BCUT2D eigenvalue weighted by atomic mass is 10.1. The number of nitrogens with zero attached hydrogens (tertiary/aromatic N) is 1. The number of rotatable bonds is 1. The van der Waals surface area contributed by atoms with E-state index < -0.39 is 23.0 Å². The molecule has 3 nitrogen and oxygen atoms in total. The van der Waals surface area contributed by atoms with E-state index in [2.05, 4.69) is 4.99 Å². The van der Waals surface area contributed by atoms with Gasteiger partial charge in [-0.05, 0) is 23.8 Å². The van der Waals surface area contributed by atoms with E-state index in [1.54, 1.807) is 0 Å². The molecule has 96 valence electrons. The smallest absolute Gasteiger partial charge is 0.416 e. The van der Waals surface area contributed by atoms with Crippen LogP contribution >= 0.6 is 11.8 Å². The summed E-state index contributed by atoms with van der Waals surface area (Å²) in [5, 5.41) is 8.01. The van der Waals surface area contributed by atoms with E-state index in [1.165, 1.54) is 12.3 Å². The Bertz CT molecular complexity index is 514. The molecule has 1 atom stereocenters. The first-order chi connectivity index (χ1) is 8.38. The van der Waals surface area contributed by atoms with Crippen molar-refractivity contribution in [3.63, 3.8) is 0 Å². The van der Waals surface area contributed by atoms with Gasteiger partial charge in [0.2, 0.25) is 0 Å². The highest BCUT2D eigenvalue weighted by atomic mass is 32.2. The summed E-state index contributed by atoms with van der Waals surface area (Å²) in [6.07, 6.45) is -3.16. The first-order valence-corrected chi connectivity index (χ1v) is 6.01. The lowest BCUT2D eigenvalue weighted by Crippen LogP contribution is -2.16. The van der Waals surface area contributed by atoms with Gasteiger partial charge in [0.05, 0.1) is 11.3 Å². The van der Waals surface area contributed by atoms with Crippen molar-refractivity contribution in [2.24, 2.45) is 4.99 Å². The number of aliphatic imine (C=N–C) groups is 1. The Kier molecular flexibility index (Phi) is 3.34. The zero-order chi connectivity index (χ0) is 13.3. The highest BCUT2D eigenvalue weighted by molar-refractivity contribution is 8.00. The van der Waals surface area contributed by atoms with Crippen LogP contribution in [0.5, 0.6) is 0 Å². The van der Waals surface area contributed by atoms with Gasteiger partial charge in [0.25, 0.3) is 0 Å². The van der Waals surface area contributed by atoms with E-state index in [0.29, 0.717) is 11.3 Å². The lowest BCUT2D eigenvalue weighted by molar-refractivity contribution is -0.137. The number of carbonyl (C=O) groups is 1. The second-order valence-electron chi connectivity index (χ2n) is 3.69. The van der Waals surface area contributed by atoms with Gasteiger partial charge in [0, 0.05) is 12.0 Å². The molecule has 0 saturated heterocycles. The van der Waals surface area contributed by atoms with Crippen molar-refractivity contribution < 1.29 is 23.1 Å². The van der Waals surface area contributed by atoms with Crippen LogP contribution in [-0.2, 0) is 16.7 Å². The maximum absolute atomic E-state index is 12.5. The summed E-state index contributed by atoms with van der Waals surface area (Å²) in [7, 11) is 0. The van der Waals surface area contributed by atoms with Gasteiger partial charge in [-0.15, -0.1) is 11.8 Å². The first-order valence-electron chi connectivity index (χ1n) is 4.96. The fourth-order valence-electron chi connectivity index (χ4n) is 1.51. The SMILES string of the molecule is O=C(O)C1C=Nc2ccc(C(F)(F)F)cc2CS1. The minimum absolute atomic E-state index is 0.191. The molecule has 0 spiro atoms. The van der Waals surface area contributed by atoms with Crippen LogP contribution in [0, 0.1) is 0 Å². The zero-order valence-electron chi connectivity index (χ0n) is 8.94. The number of hydrogen-bond acceptors (Lipinski definition) is 3. The lowest BCUT2D eigenvalue weighted by Gasteiger charge is -2.09. The second-order valence-corrected chi connectivity index (χ2v) is 4.82. The van der Waals surface area contributed by atoms with Gasteiger partial charge in [-0.2, -0.15) is 13.2 Å². The van der Waals surface area contributed by atoms with E-state index in [0.717, 1.165) is 23.9 Å². The number of benzene rings is 1. The molecule has 2 rings (SSSR count). The highest BCUT2D eigenvalue weighted by Crippen LogP contribution is 2.35. The Morgan fingerprint density at radius 3 is 2.78 bits per heavy atom. The number of fused-ring (bicyclic) bond motifs is 1. The molecule has 0 aromatic heterocycles. The molecule has 0 aliphatic carbocycles. The number of carboxylic acid groups (broad SMARTS) is 1. The van der Waals surface area contributed by atoms with Crippen LogP contribution in [0.1, 0.15) is 11.1 Å². The van der Waals surface area contributed by atoms with Crippen LogP contribution in [0.25, 0.3) is 0 Å². The van der Waals surface area contributed by atoms with Crippen LogP contribution < -0.4 is 0 Å². The fourth-order valence-corrected chi connectivity index (χ4v) is 2.39. The van der Waals surface area contributed by atoms with E-state index in [-0.39, 0.29) is 5.75 Å². The molecule has 1 unspecified atom stereocenters. The van der Waals surface area contributed by atoms with Crippen molar-refractivity contribution in [1.29, 1.82) is 0 Å². The summed E-state index contributed by atoms with van der Waals surface area (Å²) < 4.78 is 37.6. The molecule has 1 aromatic rings. The molecular weight excluding hydrogens is 267 g/mol. The third-order valence-electron chi connectivity index (χ3n) is 2.42. The van der Waals surface area contributed by atoms with E-state index in [1.807, 2.05) is 0 Å². The van der Waals surface area contributed by atoms with Crippen molar-refractivity contribution in [2.45, 2.75) is 17.2 Å². The standard InChI is InChI=1S/C11H8F3NO2S/c12-11(13,14)7-1-2-8-6(3-7)5-18-9(4-15-8)10(16)17/h1-4,9H,5H2,(H,16,17). The molecule has 0 bridgehead atoms. The minimum atomic E-state index is -4.40. The summed E-state index contributed by atoms with van der Waals surface area (Å²) in [6.45, 7) is 0. The number of halogens is 3. The Hall–Kier alpha value is -1.50. The Morgan fingerprint density at radius 1 is 1.44 bits per heavy atom. The Morgan fingerprint density at radius 2 is 2.17 bits per heavy atom. The zero-order valence-corrected chi connectivity index (χ0v) is 9.76.